The molecule has 3 heterocycles. The van der Waals surface area contributed by atoms with E-state index in [2.05, 4.69) is 40.7 Å². The smallest absolute Gasteiger partial charge is 0.410 e. The van der Waals surface area contributed by atoms with Crippen molar-refractivity contribution < 1.29 is 9.53 Å². The third-order valence-electron chi connectivity index (χ3n) is 5.34. The van der Waals surface area contributed by atoms with Crippen LogP contribution in [0.5, 0.6) is 0 Å². The number of aromatic nitrogens is 2. The summed E-state index contributed by atoms with van der Waals surface area (Å²) in [5, 5.41) is 0. The van der Waals surface area contributed by atoms with Gasteiger partial charge in [0.2, 0.25) is 5.95 Å². The summed E-state index contributed by atoms with van der Waals surface area (Å²) in [6, 6.07) is 1.87. The highest BCUT2D eigenvalue weighted by Crippen LogP contribution is 2.34. The Morgan fingerprint density at radius 3 is 2.78 bits per heavy atom. The number of carbonyl (C=O) groups excluding carboxylic acids is 1. The molecule has 1 spiro atoms. The molecule has 0 atom stereocenters. The number of ether oxygens (including phenoxy) is 1. The molecule has 0 bridgehead atoms. The molecular weight excluding hydrogens is 344 g/mol. The van der Waals surface area contributed by atoms with Gasteiger partial charge in [-0.15, -0.1) is 0 Å². The molecule has 2 aliphatic heterocycles. The molecule has 0 aromatic carbocycles. The maximum atomic E-state index is 12.3. The Bertz CT molecular complexity index is 645. The highest BCUT2D eigenvalue weighted by molar-refractivity contribution is 5.70. The molecule has 1 aromatic heterocycles. The fraction of sp³-hybridized carbons (Fsp3) is 0.737. The number of nitrogen functional groups attached to an aromatic ring is 1. The van der Waals surface area contributed by atoms with E-state index in [1.54, 1.807) is 6.20 Å². The van der Waals surface area contributed by atoms with E-state index in [4.69, 9.17) is 10.5 Å². The van der Waals surface area contributed by atoms with Crippen molar-refractivity contribution in [3.8, 4) is 0 Å². The lowest BCUT2D eigenvalue weighted by Gasteiger charge is -2.37. The van der Waals surface area contributed by atoms with Gasteiger partial charge < -0.3 is 25.2 Å². The summed E-state index contributed by atoms with van der Waals surface area (Å²) >= 11 is 0. The number of hydrogen-bond donors (Lipinski definition) is 1. The second-order valence-corrected chi connectivity index (χ2v) is 8.24. The molecule has 1 amide bonds. The van der Waals surface area contributed by atoms with Crippen molar-refractivity contribution in [1.29, 1.82) is 0 Å². The summed E-state index contributed by atoms with van der Waals surface area (Å²) < 4.78 is 5.82. The molecule has 8 heteroatoms. The maximum absolute atomic E-state index is 12.3. The minimum atomic E-state index is -0.351. The minimum absolute atomic E-state index is 0.166. The lowest BCUT2D eigenvalue weighted by Crippen LogP contribution is -2.47. The van der Waals surface area contributed by atoms with Gasteiger partial charge in [0.05, 0.1) is 6.54 Å². The summed E-state index contributed by atoms with van der Waals surface area (Å²) in [5.74, 6) is 1.78. The predicted octanol–water partition coefficient (Wildman–Crippen LogP) is 1.83. The number of nitrogens with zero attached hydrogens (tertiary/aromatic N) is 5. The molecule has 3 rings (SSSR count). The topological polar surface area (TPSA) is 87.8 Å². The number of rotatable bonds is 7. The van der Waals surface area contributed by atoms with Gasteiger partial charge in [0.25, 0.3) is 0 Å². The Kier molecular flexibility index (Phi) is 6.04. The number of carbonyl (C=O) groups is 1. The first-order valence-corrected chi connectivity index (χ1v) is 9.87. The van der Waals surface area contributed by atoms with Crippen LogP contribution in [0.2, 0.25) is 0 Å². The summed E-state index contributed by atoms with van der Waals surface area (Å²) in [6.45, 7) is 9.58. The zero-order valence-corrected chi connectivity index (χ0v) is 16.7. The number of piperidine rings is 1. The van der Waals surface area contributed by atoms with Gasteiger partial charge in [-0.05, 0) is 32.0 Å². The van der Waals surface area contributed by atoms with Crippen molar-refractivity contribution in [3.05, 3.63) is 12.3 Å². The Hall–Kier alpha value is -2.09. The van der Waals surface area contributed by atoms with Crippen molar-refractivity contribution in [3.63, 3.8) is 0 Å². The lowest BCUT2D eigenvalue weighted by atomic mass is 9.91. The highest BCUT2D eigenvalue weighted by Gasteiger charge is 2.46. The Balaban J connectivity index is 1.47. The van der Waals surface area contributed by atoms with Crippen LogP contribution in [-0.4, -0.2) is 77.8 Å². The van der Waals surface area contributed by atoms with E-state index in [1.807, 2.05) is 11.0 Å². The number of nitrogens with two attached hydrogens (primary N) is 1. The van der Waals surface area contributed by atoms with Crippen LogP contribution in [0.4, 0.5) is 16.6 Å². The van der Waals surface area contributed by atoms with Crippen LogP contribution in [0.25, 0.3) is 0 Å². The van der Waals surface area contributed by atoms with Gasteiger partial charge in [0.1, 0.15) is 11.4 Å². The van der Waals surface area contributed by atoms with Crippen LogP contribution in [0.15, 0.2) is 12.3 Å². The van der Waals surface area contributed by atoms with E-state index in [1.165, 1.54) is 0 Å². The van der Waals surface area contributed by atoms with Gasteiger partial charge in [-0.25, -0.2) is 9.78 Å². The first-order chi connectivity index (χ1) is 12.9. The van der Waals surface area contributed by atoms with Crippen LogP contribution in [0.1, 0.15) is 33.1 Å². The van der Waals surface area contributed by atoms with Crippen molar-refractivity contribution in [2.75, 3.05) is 56.9 Å². The number of hydrogen-bond acceptors (Lipinski definition) is 7. The summed E-state index contributed by atoms with van der Waals surface area (Å²) in [7, 11) is 2.14. The van der Waals surface area contributed by atoms with E-state index in [0.717, 1.165) is 57.8 Å². The first-order valence-electron chi connectivity index (χ1n) is 9.87. The van der Waals surface area contributed by atoms with Gasteiger partial charge in [0.15, 0.2) is 0 Å². The third kappa shape index (κ3) is 5.00. The average Bonchev–Trinajstić information content (AvgIpc) is 2.90. The van der Waals surface area contributed by atoms with E-state index in [-0.39, 0.29) is 17.6 Å². The van der Waals surface area contributed by atoms with Crippen molar-refractivity contribution in [2.45, 2.75) is 38.7 Å². The van der Waals surface area contributed by atoms with Crippen LogP contribution >= 0.6 is 0 Å². The normalized spacial score (nSPS) is 19.4. The molecule has 0 saturated carbocycles. The van der Waals surface area contributed by atoms with E-state index >= 15 is 0 Å². The molecule has 0 unspecified atom stereocenters. The van der Waals surface area contributed by atoms with Gasteiger partial charge in [-0.3, -0.25) is 0 Å². The molecule has 2 saturated heterocycles. The van der Waals surface area contributed by atoms with Crippen LogP contribution in [-0.2, 0) is 4.74 Å². The van der Waals surface area contributed by atoms with Gasteiger partial charge in [-0.2, -0.15) is 4.98 Å². The molecule has 150 valence electrons. The third-order valence-corrected chi connectivity index (χ3v) is 5.34. The second kappa shape index (κ2) is 8.29. The quantitative estimate of drug-likeness (QED) is 0.777. The van der Waals surface area contributed by atoms with Crippen LogP contribution in [0, 0.1) is 5.92 Å². The molecule has 0 aliphatic carbocycles. The summed E-state index contributed by atoms with van der Waals surface area (Å²) in [4.78, 5) is 27.0. The molecule has 1 aromatic rings. The first kappa shape index (κ1) is 19.7. The Morgan fingerprint density at radius 1 is 1.37 bits per heavy atom. The van der Waals surface area contributed by atoms with Crippen LogP contribution < -0.4 is 10.6 Å². The Labute approximate surface area is 161 Å². The molecule has 0 radical (unpaired) electrons. The molecule has 2 aliphatic rings. The maximum Gasteiger partial charge on any atom is 0.410 e. The van der Waals surface area contributed by atoms with Gasteiger partial charge >= 0.3 is 6.09 Å². The molecular formula is C19H32N6O2. The summed E-state index contributed by atoms with van der Waals surface area (Å²) in [5.41, 5.74) is 5.33. The van der Waals surface area contributed by atoms with E-state index in [0.29, 0.717) is 12.5 Å². The second-order valence-electron chi connectivity index (χ2n) is 8.24. The number of anilines is 2. The average molecular weight is 377 g/mol. The van der Waals surface area contributed by atoms with Crippen molar-refractivity contribution >= 4 is 17.9 Å². The predicted molar refractivity (Wildman–Crippen MR) is 106 cm³/mol. The van der Waals surface area contributed by atoms with Crippen molar-refractivity contribution in [1.82, 2.24) is 19.8 Å². The molecule has 27 heavy (non-hydrogen) atoms. The largest absolute Gasteiger partial charge is 0.441 e. The Morgan fingerprint density at radius 2 is 2.11 bits per heavy atom. The minimum Gasteiger partial charge on any atom is -0.441 e. The van der Waals surface area contributed by atoms with Crippen molar-refractivity contribution in [2.24, 2.45) is 5.92 Å². The monoisotopic (exact) mass is 376 g/mol. The SMILES string of the molecule is CC(C)CN(C)CCCN1CC2(CCN(c3ccnc(N)n3)CC2)OC1=O. The zero-order valence-electron chi connectivity index (χ0n) is 16.7. The zero-order chi connectivity index (χ0) is 19.4. The fourth-order valence-electron chi connectivity index (χ4n) is 4.05. The van der Waals surface area contributed by atoms with Crippen LogP contribution in [0.3, 0.4) is 0 Å². The lowest BCUT2D eigenvalue weighted by molar-refractivity contribution is 0.0366. The number of amides is 1. The highest BCUT2D eigenvalue weighted by atomic mass is 16.6. The summed E-state index contributed by atoms with van der Waals surface area (Å²) in [6.07, 6.45) is 4.11. The van der Waals surface area contributed by atoms with Gasteiger partial charge in [-0.1, -0.05) is 13.8 Å². The molecule has 8 nitrogen and oxygen atoms in total. The van der Waals surface area contributed by atoms with E-state index < -0.39 is 0 Å². The molecule has 2 fully saturated rings. The fourth-order valence-corrected chi connectivity index (χ4v) is 4.05. The molecule has 2 N–H and O–H groups in total. The van der Waals surface area contributed by atoms with Gasteiger partial charge in [0, 0.05) is 45.2 Å². The standard InChI is InChI=1S/C19H32N6O2/c1-15(2)13-23(3)9-4-10-25-14-19(27-18(25)26)6-11-24(12-7-19)16-5-8-21-17(20)22-16/h5,8,15H,4,6-7,9-14H2,1-3H3,(H2,20,21,22). The van der Waals surface area contributed by atoms with E-state index in [9.17, 15) is 4.79 Å².